The summed E-state index contributed by atoms with van der Waals surface area (Å²) in [6, 6.07) is 1.84. The van der Waals surface area contributed by atoms with Crippen molar-refractivity contribution in [2.45, 2.75) is 60.4 Å². The van der Waals surface area contributed by atoms with Gasteiger partial charge in [0.15, 0.2) is 14.8 Å². The van der Waals surface area contributed by atoms with Gasteiger partial charge < -0.3 is 4.43 Å². The van der Waals surface area contributed by atoms with Crippen LogP contribution in [0.15, 0.2) is 6.07 Å². The molecule has 0 N–H and O–H groups in total. The third kappa shape index (κ3) is 4.58. The first-order valence-electron chi connectivity index (χ1n) is 6.82. The molecule has 0 aliphatic carbocycles. The van der Waals surface area contributed by atoms with Gasteiger partial charge in [-0.2, -0.15) is 5.10 Å². The molecule has 0 spiro atoms. The van der Waals surface area contributed by atoms with E-state index in [0.717, 1.165) is 5.69 Å². The third-order valence-electron chi connectivity index (χ3n) is 3.08. The second kappa shape index (κ2) is 6.01. The van der Waals surface area contributed by atoms with Crippen molar-refractivity contribution in [3.63, 3.8) is 0 Å². The third-order valence-corrected chi connectivity index (χ3v) is 3.96. The Kier molecular flexibility index (Phi) is 5.09. The molecule has 0 saturated heterocycles. The van der Waals surface area contributed by atoms with Crippen molar-refractivity contribution in [2.75, 3.05) is 0 Å². The first-order valence-corrected chi connectivity index (χ1v) is 9.60. The van der Waals surface area contributed by atoms with Crippen LogP contribution >= 0.6 is 0 Å². The van der Waals surface area contributed by atoms with Crippen LogP contribution in [0, 0.1) is 12.3 Å². The van der Waals surface area contributed by atoms with Crippen molar-refractivity contribution < 1.29 is 9.22 Å². The summed E-state index contributed by atoms with van der Waals surface area (Å²) in [7, 11) is -1.11. The summed E-state index contributed by atoms with van der Waals surface area (Å²) in [5, 5.41) is 4.37. The maximum atomic E-state index is 11.4. The number of rotatable bonds is 5. The molecule has 0 aliphatic heterocycles. The zero-order chi connectivity index (χ0) is 14.8. The van der Waals surface area contributed by atoms with Crippen molar-refractivity contribution in [1.82, 2.24) is 9.78 Å². The SMILES string of the molecule is CC(=O)c1cc(C)n(CC(O[SiH](C)C)C(C)(C)C)n1. The molecule has 0 saturated carbocycles. The summed E-state index contributed by atoms with van der Waals surface area (Å²) in [6.45, 7) is 15.1. The molecule has 0 aromatic carbocycles. The van der Waals surface area contributed by atoms with Crippen LogP contribution < -0.4 is 0 Å². The lowest BCUT2D eigenvalue weighted by Gasteiger charge is -2.32. The van der Waals surface area contributed by atoms with E-state index in [2.05, 4.69) is 39.0 Å². The van der Waals surface area contributed by atoms with Gasteiger partial charge in [0.25, 0.3) is 0 Å². The van der Waals surface area contributed by atoms with E-state index in [1.54, 1.807) is 6.92 Å². The van der Waals surface area contributed by atoms with Crippen molar-refractivity contribution in [3.8, 4) is 0 Å². The molecule has 0 radical (unpaired) electrons. The van der Waals surface area contributed by atoms with Gasteiger partial charge in [0.1, 0.15) is 5.69 Å². The van der Waals surface area contributed by atoms with Crippen molar-refractivity contribution in [3.05, 3.63) is 17.5 Å². The van der Waals surface area contributed by atoms with Crippen molar-refractivity contribution in [1.29, 1.82) is 0 Å². The topological polar surface area (TPSA) is 44.1 Å². The molecular weight excluding hydrogens is 256 g/mol. The summed E-state index contributed by atoms with van der Waals surface area (Å²) in [6.07, 6.45) is 0.123. The van der Waals surface area contributed by atoms with Crippen LogP contribution in [0.5, 0.6) is 0 Å². The van der Waals surface area contributed by atoms with E-state index in [1.807, 2.05) is 17.7 Å². The Balaban J connectivity index is 2.93. The van der Waals surface area contributed by atoms with Gasteiger partial charge in [-0.3, -0.25) is 9.48 Å². The highest BCUT2D eigenvalue weighted by molar-refractivity contribution is 6.48. The molecular formula is C14H26N2O2Si. The number of carbonyl (C=O) groups excluding carboxylic acids is 1. The van der Waals surface area contributed by atoms with E-state index in [-0.39, 0.29) is 17.3 Å². The Bertz CT molecular complexity index is 447. The lowest BCUT2D eigenvalue weighted by Crippen LogP contribution is -2.37. The average Bonchev–Trinajstić information content (AvgIpc) is 2.57. The van der Waals surface area contributed by atoms with Gasteiger partial charge in [-0.25, -0.2) is 0 Å². The van der Waals surface area contributed by atoms with Crippen molar-refractivity contribution in [2.24, 2.45) is 5.41 Å². The van der Waals surface area contributed by atoms with Crippen LogP contribution in [0.25, 0.3) is 0 Å². The van der Waals surface area contributed by atoms with Gasteiger partial charge in [-0.05, 0) is 31.5 Å². The van der Waals surface area contributed by atoms with E-state index < -0.39 is 9.04 Å². The van der Waals surface area contributed by atoms with E-state index in [9.17, 15) is 4.79 Å². The molecule has 108 valence electrons. The van der Waals surface area contributed by atoms with Crippen molar-refractivity contribution >= 4 is 14.8 Å². The molecule has 1 heterocycles. The van der Waals surface area contributed by atoms with Crippen LogP contribution in [-0.2, 0) is 11.0 Å². The predicted octanol–water partition coefficient (Wildman–Crippen LogP) is 2.81. The Morgan fingerprint density at radius 2 is 2.05 bits per heavy atom. The lowest BCUT2D eigenvalue weighted by atomic mass is 9.89. The molecule has 0 amide bonds. The fraction of sp³-hybridized carbons (Fsp3) is 0.714. The molecule has 4 nitrogen and oxygen atoms in total. The summed E-state index contributed by atoms with van der Waals surface area (Å²) >= 11 is 0. The molecule has 0 fully saturated rings. The van der Waals surface area contributed by atoms with E-state index in [4.69, 9.17) is 4.43 Å². The van der Waals surface area contributed by atoms with Crippen LogP contribution in [0.1, 0.15) is 43.9 Å². The molecule has 1 rings (SSSR count). The summed E-state index contributed by atoms with van der Waals surface area (Å²) in [4.78, 5) is 11.4. The molecule has 5 heteroatoms. The maximum Gasteiger partial charge on any atom is 0.179 e. The number of nitrogens with zero attached hydrogens (tertiary/aromatic N) is 2. The minimum atomic E-state index is -1.11. The number of aryl methyl sites for hydroxylation is 1. The largest absolute Gasteiger partial charge is 0.415 e. The van der Waals surface area contributed by atoms with Gasteiger partial charge >= 0.3 is 0 Å². The molecule has 1 atom stereocenters. The van der Waals surface area contributed by atoms with E-state index >= 15 is 0 Å². The second-order valence-corrected chi connectivity index (χ2v) is 8.82. The smallest absolute Gasteiger partial charge is 0.179 e. The Morgan fingerprint density at radius 1 is 1.47 bits per heavy atom. The number of hydrogen-bond acceptors (Lipinski definition) is 3. The van der Waals surface area contributed by atoms with Crippen LogP contribution in [0.2, 0.25) is 13.1 Å². The van der Waals surface area contributed by atoms with E-state index in [0.29, 0.717) is 12.2 Å². The highest BCUT2D eigenvalue weighted by Gasteiger charge is 2.27. The quantitative estimate of drug-likeness (QED) is 0.616. The Hall–Kier alpha value is -0.943. The Morgan fingerprint density at radius 3 is 2.42 bits per heavy atom. The number of aromatic nitrogens is 2. The minimum absolute atomic E-state index is 0.00770. The first kappa shape index (κ1) is 16.1. The minimum Gasteiger partial charge on any atom is -0.415 e. The number of carbonyl (C=O) groups is 1. The maximum absolute atomic E-state index is 11.4. The molecule has 1 unspecified atom stereocenters. The first-order chi connectivity index (χ1) is 8.61. The number of hydrogen-bond donors (Lipinski definition) is 0. The normalized spacial score (nSPS) is 13.9. The molecule has 1 aromatic rings. The number of ketones is 1. The molecule has 0 bridgehead atoms. The highest BCUT2D eigenvalue weighted by Crippen LogP contribution is 2.25. The fourth-order valence-electron chi connectivity index (χ4n) is 1.87. The predicted molar refractivity (Wildman–Crippen MR) is 80.2 cm³/mol. The number of Topliss-reactive ketones (excluding diaryl/α,β-unsaturated/α-hetero) is 1. The van der Waals surface area contributed by atoms with E-state index in [1.165, 1.54) is 0 Å². The van der Waals surface area contributed by atoms with Crippen LogP contribution in [0.3, 0.4) is 0 Å². The Labute approximate surface area is 117 Å². The summed E-state index contributed by atoms with van der Waals surface area (Å²) in [5.74, 6) is 0.00770. The summed E-state index contributed by atoms with van der Waals surface area (Å²) < 4.78 is 8.03. The van der Waals surface area contributed by atoms with Gasteiger partial charge in [-0.15, -0.1) is 0 Å². The summed E-state index contributed by atoms with van der Waals surface area (Å²) in [5.41, 5.74) is 1.60. The molecule has 1 aromatic heterocycles. The van der Waals surface area contributed by atoms with Crippen LogP contribution in [0.4, 0.5) is 0 Å². The van der Waals surface area contributed by atoms with Gasteiger partial charge in [0, 0.05) is 12.6 Å². The second-order valence-electron chi connectivity index (χ2n) is 6.45. The van der Waals surface area contributed by atoms with Gasteiger partial charge in [-0.1, -0.05) is 20.8 Å². The highest BCUT2D eigenvalue weighted by atomic mass is 28.3. The zero-order valence-electron chi connectivity index (χ0n) is 13.2. The fourth-order valence-corrected chi connectivity index (χ4v) is 3.03. The molecule has 19 heavy (non-hydrogen) atoms. The monoisotopic (exact) mass is 282 g/mol. The lowest BCUT2D eigenvalue weighted by molar-refractivity contribution is 0.0664. The van der Waals surface area contributed by atoms with Crippen LogP contribution in [-0.4, -0.2) is 30.7 Å². The molecule has 0 aliphatic rings. The standard InChI is InChI=1S/C14H26N2O2Si/c1-10-8-12(11(2)17)15-16(10)9-13(14(3,4)5)18-19(6)7/h8,13,19H,9H2,1-7H3. The van der Waals surface area contributed by atoms with Gasteiger partial charge in [0.05, 0.1) is 12.6 Å². The van der Waals surface area contributed by atoms with Gasteiger partial charge in [0.2, 0.25) is 0 Å². The zero-order valence-corrected chi connectivity index (χ0v) is 14.3. The average molecular weight is 282 g/mol.